The molecule has 0 amide bonds. The number of fused-ring (bicyclic) bond motifs is 1. The van der Waals surface area contributed by atoms with Crippen molar-refractivity contribution in [1.29, 1.82) is 0 Å². The fourth-order valence-electron chi connectivity index (χ4n) is 2.00. The number of benzene rings is 1. The maximum atomic E-state index is 5.58. The van der Waals surface area contributed by atoms with Gasteiger partial charge in [-0.05, 0) is 12.1 Å². The Balaban J connectivity index is 2.37. The third-order valence-electron chi connectivity index (χ3n) is 2.76. The minimum atomic E-state index is 0.393. The van der Waals surface area contributed by atoms with Crippen LogP contribution in [0.4, 0.5) is 5.82 Å². The molecule has 0 saturated heterocycles. The van der Waals surface area contributed by atoms with E-state index < -0.39 is 0 Å². The third kappa shape index (κ3) is 1.54. The molecule has 0 fully saturated rings. The molecule has 0 atom stereocenters. The lowest BCUT2D eigenvalue weighted by atomic mass is 10.1. The molecule has 3 rings (SSSR count). The fourth-order valence-corrected chi connectivity index (χ4v) is 2.57. The Morgan fingerprint density at radius 3 is 2.94 bits per heavy atom. The van der Waals surface area contributed by atoms with Gasteiger partial charge in [-0.3, -0.25) is 0 Å². The molecule has 0 radical (unpaired) electrons. The Morgan fingerprint density at radius 2 is 2.24 bits per heavy atom. The van der Waals surface area contributed by atoms with Crippen molar-refractivity contribution in [3.8, 4) is 11.3 Å². The molecule has 4 nitrogen and oxygen atoms in total. The Labute approximate surface area is 106 Å². The molecule has 3 aromatic rings. The number of rotatable bonds is 1. The van der Waals surface area contributed by atoms with Gasteiger partial charge in [-0.2, -0.15) is 0 Å². The molecule has 0 aliphatic rings. The summed E-state index contributed by atoms with van der Waals surface area (Å²) in [5.74, 6) is 1.07. The molecule has 2 N–H and O–H groups in total. The molecule has 0 aliphatic carbocycles. The average Bonchev–Trinajstić information content (AvgIpc) is 2.85. The second kappa shape index (κ2) is 3.63. The maximum Gasteiger partial charge on any atom is 0.171 e. The molecule has 86 valence electrons. The van der Waals surface area contributed by atoms with Gasteiger partial charge in [0, 0.05) is 40.2 Å². The van der Waals surface area contributed by atoms with Crippen molar-refractivity contribution in [2.45, 2.75) is 0 Å². The summed E-state index contributed by atoms with van der Waals surface area (Å²) >= 11 is 3.56. The number of nitrogens with two attached hydrogens (primary N) is 1. The first kappa shape index (κ1) is 10.4. The zero-order valence-electron chi connectivity index (χ0n) is 9.14. The largest absolute Gasteiger partial charge is 0.381 e. The maximum absolute atomic E-state index is 5.58. The SMILES string of the molecule is Cn1cc(-c2cc(N)no2)c2c(Br)cccc21. The lowest BCUT2D eigenvalue weighted by Gasteiger charge is -1.97. The van der Waals surface area contributed by atoms with Gasteiger partial charge < -0.3 is 14.8 Å². The average molecular weight is 292 g/mol. The van der Waals surface area contributed by atoms with Crippen molar-refractivity contribution in [2.75, 3.05) is 5.73 Å². The number of hydrogen-bond donors (Lipinski definition) is 1. The number of hydrogen-bond acceptors (Lipinski definition) is 3. The van der Waals surface area contributed by atoms with Crippen molar-refractivity contribution in [3.63, 3.8) is 0 Å². The Hall–Kier alpha value is -1.75. The van der Waals surface area contributed by atoms with Crippen molar-refractivity contribution in [3.05, 3.63) is 34.9 Å². The van der Waals surface area contributed by atoms with E-state index in [1.54, 1.807) is 6.07 Å². The van der Waals surface area contributed by atoms with Gasteiger partial charge in [0.05, 0.1) is 0 Å². The highest BCUT2D eigenvalue weighted by atomic mass is 79.9. The molecular formula is C12H10BrN3O. The highest BCUT2D eigenvalue weighted by molar-refractivity contribution is 9.10. The van der Waals surface area contributed by atoms with Crippen LogP contribution in [-0.4, -0.2) is 9.72 Å². The van der Waals surface area contributed by atoms with Gasteiger partial charge in [-0.1, -0.05) is 27.2 Å². The number of aryl methyl sites for hydroxylation is 1. The highest BCUT2D eigenvalue weighted by Gasteiger charge is 2.14. The molecule has 2 aromatic heterocycles. The number of aromatic nitrogens is 2. The molecule has 1 aromatic carbocycles. The van der Waals surface area contributed by atoms with E-state index in [0.29, 0.717) is 11.6 Å². The first-order valence-corrected chi connectivity index (χ1v) is 5.92. The first-order valence-electron chi connectivity index (χ1n) is 5.13. The number of anilines is 1. The lowest BCUT2D eigenvalue weighted by molar-refractivity contribution is 0.436. The summed E-state index contributed by atoms with van der Waals surface area (Å²) in [5.41, 5.74) is 7.70. The minimum absolute atomic E-state index is 0.393. The summed E-state index contributed by atoms with van der Waals surface area (Å²) in [7, 11) is 2.00. The zero-order valence-corrected chi connectivity index (χ0v) is 10.7. The van der Waals surface area contributed by atoms with Crippen LogP contribution < -0.4 is 5.73 Å². The van der Waals surface area contributed by atoms with E-state index in [1.165, 1.54) is 0 Å². The Kier molecular flexibility index (Phi) is 2.22. The number of nitrogen functional groups attached to an aromatic ring is 1. The van der Waals surface area contributed by atoms with Gasteiger partial charge in [0.2, 0.25) is 0 Å². The second-order valence-corrected chi connectivity index (χ2v) is 4.76. The normalized spacial score (nSPS) is 11.2. The quantitative estimate of drug-likeness (QED) is 0.749. The molecule has 0 spiro atoms. The van der Waals surface area contributed by atoms with Crippen LogP contribution in [0.2, 0.25) is 0 Å². The Bertz CT molecular complexity index is 699. The van der Waals surface area contributed by atoms with E-state index >= 15 is 0 Å². The predicted octanol–water partition coefficient (Wildman–Crippen LogP) is 3.18. The lowest BCUT2D eigenvalue weighted by Crippen LogP contribution is -1.82. The van der Waals surface area contributed by atoms with Crippen LogP contribution in [0.5, 0.6) is 0 Å². The fraction of sp³-hybridized carbons (Fsp3) is 0.0833. The number of nitrogens with zero attached hydrogens (tertiary/aromatic N) is 2. The summed E-state index contributed by atoms with van der Waals surface area (Å²) in [4.78, 5) is 0. The summed E-state index contributed by atoms with van der Waals surface area (Å²) in [6.45, 7) is 0. The molecule has 17 heavy (non-hydrogen) atoms. The van der Waals surface area contributed by atoms with Crippen molar-refractivity contribution >= 4 is 32.7 Å². The summed E-state index contributed by atoms with van der Waals surface area (Å²) < 4.78 is 8.30. The van der Waals surface area contributed by atoms with Gasteiger partial charge in [-0.15, -0.1) is 0 Å². The van der Waals surface area contributed by atoms with Crippen LogP contribution in [0.3, 0.4) is 0 Å². The van der Waals surface area contributed by atoms with E-state index in [4.69, 9.17) is 10.3 Å². The first-order chi connectivity index (χ1) is 8.16. The Morgan fingerprint density at radius 1 is 1.41 bits per heavy atom. The molecule has 2 heterocycles. The van der Waals surface area contributed by atoms with Gasteiger partial charge >= 0.3 is 0 Å². The molecule has 0 saturated carbocycles. The van der Waals surface area contributed by atoms with Crippen LogP contribution in [0.15, 0.2) is 39.5 Å². The van der Waals surface area contributed by atoms with Gasteiger partial charge in [0.15, 0.2) is 11.6 Å². The molecular weight excluding hydrogens is 282 g/mol. The highest BCUT2D eigenvalue weighted by Crippen LogP contribution is 2.35. The minimum Gasteiger partial charge on any atom is -0.381 e. The molecule has 5 heteroatoms. The summed E-state index contributed by atoms with van der Waals surface area (Å²) in [5, 5.41) is 4.82. The molecule has 0 bridgehead atoms. The van der Waals surface area contributed by atoms with E-state index in [9.17, 15) is 0 Å². The van der Waals surface area contributed by atoms with Crippen LogP contribution in [0.1, 0.15) is 0 Å². The smallest absolute Gasteiger partial charge is 0.171 e. The van der Waals surface area contributed by atoms with Crippen molar-refractivity contribution in [1.82, 2.24) is 9.72 Å². The third-order valence-corrected chi connectivity index (χ3v) is 3.42. The summed E-state index contributed by atoms with van der Waals surface area (Å²) in [6.07, 6.45) is 2.01. The van der Waals surface area contributed by atoms with E-state index in [-0.39, 0.29) is 0 Å². The van der Waals surface area contributed by atoms with Crippen LogP contribution in [-0.2, 0) is 7.05 Å². The number of halogens is 1. The monoisotopic (exact) mass is 291 g/mol. The molecule has 0 unspecified atom stereocenters. The van der Waals surface area contributed by atoms with Crippen LogP contribution in [0.25, 0.3) is 22.2 Å². The topological polar surface area (TPSA) is 57.0 Å². The van der Waals surface area contributed by atoms with Crippen molar-refractivity contribution in [2.24, 2.45) is 7.05 Å². The molecule has 0 aliphatic heterocycles. The van der Waals surface area contributed by atoms with Gasteiger partial charge in [0.1, 0.15) is 0 Å². The van der Waals surface area contributed by atoms with Gasteiger partial charge in [-0.25, -0.2) is 0 Å². The van der Waals surface area contributed by atoms with E-state index in [2.05, 4.69) is 27.2 Å². The standard InChI is InChI=1S/C12H10BrN3O/c1-16-6-7(10-5-11(14)15-17-10)12-8(13)3-2-4-9(12)16/h2-6H,1H3,(H2,14,15). The van der Waals surface area contributed by atoms with Crippen LogP contribution >= 0.6 is 15.9 Å². The predicted molar refractivity (Wildman–Crippen MR) is 70.5 cm³/mol. The van der Waals surface area contributed by atoms with Crippen LogP contribution in [0, 0.1) is 0 Å². The van der Waals surface area contributed by atoms with E-state index in [1.807, 2.05) is 29.9 Å². The second-order valence-electron chi connectivity index (χ2n) is 3.90. The summed E-state index contributed by atoms with van der Waals surface area (Å²) in [6, 6.07) is 7.80. The van der Waals surface area contributed by atoms with Crippen molar-refractivity contribution < 1.29 is 4.52 Å². The van der Waals surface area contributed by atoms with Gasteiger partial charge in [0.25, 0.3) is 0 Å². The van der Waals surface area contributed by atoms with E-state index in [0.717, 1.165) is 20.9 Å². The zero-order chi connectivity index (χ0) is 12.0.